The van der Waals surface area contributed by atoms with E-state index in [1.807, 2.05) is 0 Å². The van der Waals surface area contributed by atoms with Gasteiger partial charge in [-0.15, -0.1) is 0 Å². The Morgan fingerprint density at radius 3 is 1.98 bits per heavy atom. The third-order valence-corrected chi connectivity index (χ3v) is 11.4. The fourth-order valence-electron chi connectivity index (χ4n) is 8.98. The molecular weight excluding hydrogens is 579 g/mol. The fraction of sp³-hybridized carbons (Fsp3) is 0.333. The molecule has 48 heavy (non-hydrogen) atoms. The van der Waals surface area contributed by atoms with Gasteiger partial charge < -0.3 is 9.38 Å². The van der Waals surface area contributed by atoms with Crippen LogP contribution >= 0.6 is 0 Å². The zero-order valence-electron chi connectivity index (χ0n) is 29.6. The number of aromatic nitrogens is 1. The summed E-state index contributed by atoms with van der Waals surface area (Å²) in [6.45, 7) is 11.9. The molecule has 0 saturated carbocycles. The van der Waals surface area contributed by atoms with Crippen LogP contribution in [0.1, 0.15) is 101 Å². The molecule has 3 heterocycles. The van der Waals surface area contributed by atoms with Crippen molar-refractivity contribution < 1.29 is 0 Å². The Hall–Kier alpha value is -4.24. The van der Waals surface area contributed by atoms with Crippen molar-refractivity contribution in [1.29, 1.82) is 0 Å². The first-order chi connectivity index (χ1) is 23.5. The summed E-state index contributed by atoms with van der Waals surface area (Å²) in [5.74, 6) is 0. The highest BCUT2D eigenvalue weighted by Crippen LogP contribution is 2.52. The summed E-state index contributed by atoms with van der Waals surface area (Å²) >= 11 is 0. The van der Waals surface area contributed by atoms with Gasteiger partial charge >= 0.3 is 6.85 Å². The average Bonchev–Trinajstić information content (AvgIpc) is 3.45. The molecule has 0 fully saturated rings. The van der Waals surface area contributed by atoms with Gasteiger partial charge in [-0.25, -0.2) is 0 Å². The monoisotopic (exact) mass is 628 g/mol. The lowest BCUT2D eigenvalue weighted by Crippen LogP contribution is -2.56. The van der Waals surface area contributed by atoms with Crippen molar-refractivity contribution in [2.45, 2.75) is 97.8 Å². The molecule has 6 aromatic rings. The van der Waals surface area contributed by atoms with E-state index >= 15 is 0 Å². The number of rotatable bonds is 10. The standard InChI is InChI=1S/C45H49BN2/c1-6-9-18-31-29-33(20-11-8-3)43-35(30-31)34-22-16-21-32(19-10-7-2)42(34)48(43)46-38-25-13-15-28-41(38)47-40-27-14-12-23-36(40)45(4,5)37-24-17-26-39(46)44(37)47/h12-17,21-30H,6-11,18-20H2,1-5H3. The van der Waals surface area contributed by atoms with E-state index in [1.54, 1.807) is 0 Å². The second kappa shape index (κ2) is 12.3. The topological polar surface area (TPSA) is 8.17 Å². The lowest BCUT2D eigenvalue weighted by molar-refractivity contribution is 0.632. The number of para-hydroxylation sites is 4. The van der Waals surface area contributed by atoms with E-state index in [1.165, 1.54) is 116 Å². The maximum absolute atomic E-state index is 2.82. The summed E-state index contributed by atoms with van der Waals surface area (Å²) in [6, 6.07) is 37.8. The van der Waals surface area contributed by atoms with Crippen molar-refractivity contribution in [3.05, 3.63) is 125 Å². The molecule has 0 amide bonds. The van der Waals surface area contributed by atoms with Crippen molar-refractivity contribution in [3.8, 4) is 0 Å². The minimum atomic E-state index is -0.108. The Morgan fingerprint density at radius 2 is 1.19 bits per heavy atom. The predicted octanol–water partition coefficient (Wildman–Crippen LogP) is 10.9. The highest BCUT2D eigenvalue weighted by Gasteiger charge is 2.45. The Balaban J connectivity index is 1.51. The molecule has 242 valence electrons. The summed E-state index contributed by atoms with van der Waals surface area (Å²) in [6.07, 6.45) is 10.6. The Bertz CT molecular complexity index is 2150. The zero-order chi connectivity index (χ0) is 33.0. The van der Waals surface area contributed by atoms with E-state index in [0.717, 1.165) is 19.3 Å². The molecular formula is C45H49BN2. The quantitative estimate of drug-likeness (QED) is 0.137. The summed E-state index contributed by atoms with van der Waals surface area (Å²) in [5.41, 5.74) is 16.9. The molecule has 3 heteroatoms. The number of hydrogen-bond donors (Lipinski definition) is 0. The first kappa shape index (κ1) is 31.1. The normalized spacial score (nSPS) is 14.4. The maximum atomic E-state index is 2.82. The molecule has 0 spiro atoms. The van der Waals surface area contributed by atoms with E-state index in [-0.39, 0.29) is 12.3 Å². The Labute approximate surface area is 287 Å². The van der Waals surface area contributed by atoms with Crippen LogP contribution in [0, 0.1) is 0 Å². The fourth-order valence-corrected chi connectivity index (χ4v) is 8.98. The molecule has 2 aliphatic rings. The van der Waals surface area contributed by atoms with Gasteiger partial charge in [0.05, 0.1) is 5.69 Å². The van der Waals surface area contributed by atoms with Crippen molar-refractivity contribution >= 4 is 56.6 Å². The molecule has 0 atom stereocenters. The van der Waals surface area contributed by atoms with E-state index in [9.17, 15) is 0 Å². The van der Waals surface area contributed by atoms with Crippen LogP contribution in [0.5, 0.6) is 0 Å². The summed E-state index contributed by atoms with van der Waals surface area (Å²) in [5, 5.41) is 2.86. The molecule has 2 aliphatic heterocycles. The molecule has 0 bridgehead atoms. The van der Waals surface area contributed by atoms with Gasteiger partial charge in [-0.05, 0) is 95.5 Å². The minimum absolute atomic E-state index is 0.0677. The average molecular weight is 629 g/mol. The number of unbranched alkanes of at least 4 members (excludes halogenated alkanes) is 3. The summed E-state index contributed by atoms with van der Waals surface area (Å²) in [4.78, 5) is 2.59. The summed E-state index contributed by atoms with van der Waals surface area (Å²) < 4.78 is 2.82. The molecule has 0 aliphatic carbocycles. The van der Waals surface area contributed by atoms with Crippen LogP contribution in [0.2, 0.25) is 0 Å². The smallest absolute Gasteiger partial charge is 0.332 e. The maximum Gasteiger partial charge on any atom is 0.332 e. The highest BCUT2D eigenvalue weighted by atomic mass is 15.2. The third-order valence-electron chi connectivity index (χ3n) is 11.4. The molecule has 8 rings (SSSR count). The predicted molar refractivity (Wildman–Crippen MR) is 209 cm³/mol. The molecule has 2 nitrogen and oxygen atoms in total. The summed E-state index contributed by atoms with van der Waals surface area (Å²) in [7, 11) is 0. The molecule has 0 N–H and O–H groups in total. The highest BCUT2D eigenvalue weighted by molar-refractivity contribution is 6.88. The molecule has 0 saturated heterocycles. The number of aryl methyl sites for hydroxylation is 3. The van der Waals surface area contributed by atoms with Crippen molar-refractivity contribution in [3.63, 3.8) is 0 Å². The van der Waals surface area contributed by atoms with Crippen LogP contribution in [0.25, 0.3) is 21.8 Å². The number of hydrogen-bond acceptors (Lipinski definition) is 1. The minimum Gasteiger partial charge on any atom is -0.375 e. The number of anilines is 3. The molecule has 0 radical (unpaired) electrons. The van der Waals surface area contributed by atoms with E-state index in [4.69, 9.17) is 0 Å². The Morgan fingerprint density at radius 1 is 0.562 bits per heavy atom. The lowest BCUT2D eigenvalue weighted by Gasteiger charge is -2.47. The molecule has 0 unspecified atom stereocenters. The van der Waals surface area contributed by atoms with Gasteiger partial charge in [-0.2, -0.15) is 0 Å². The molecule has 1 aromatic heterocycles. The van der Waals surface area contributed by atoms with Crippen molar-refractivity contribution in [2.24, 2.45) is 0 Å². The SMILES string of the molecule is CCCCc1cc(CCCC)c2c(c1)c1cccc(CCCC)c1n2B1c2ccccc2N2c3ccccc3C(C)(C)c3cccc1c32. The van der Waals surface area contributed by atoms with Crippen LogP contribution in [-0.2, 0) is 24.7 Å². The third kappa shape index (κ3) is 4.68. The van der Waals surface area contributed by atoms with E-state index in [2.05, 4.69) is 141 Å². The number of nitrogens with zero attached hydrogens (tertiary/aromatic N) is 2. The number of fused-ring (bicyclic) bond motifs is 7. The first-order valence-electron chi connectivity index (χ1n) is 18.7. The van der Waals surface area contributed by atoms with E-state index < -0.39 is 0 Å². The second-order valence-corrected chi connectivity index (χ2v) is 14.8. The van der Waals surface area contributed by atoms with Gasteiger partial charge in [0.25, 0.3) is 0 Å². The van der Waals surface area contributed by atoms with Crippen LogP contribution in [0.4, 0.5) is 17.1 Å². The van der Waals surface area contributed by atoms with Crippen LogP contribution < -0.4 is 15.8 Å². The van der Waals surface area contributed by atoms with E-state index in [0.29, 0.717) is 0 Å². The van der Waals surface area contributed by atoms with Crippen LogP contribution in [-0.4, -0.2) is 11.3 Å². The largest absolute Gasteiger partial charge is 0.375 e. The second-order valence-electron chi connectivity index (χ2n) is 14.8. The molecule has 5 aromatic carbocycles. The van der Waals surface area contributed by atoms with Crippen molar-refractivity contribution in [2.75, 3.05) is 4.90 Å². The van der Waals surface area contributed by atoms with Gasteiger partial charge in [0.2, 0.25) is 0 Å². The van der Waals surface area contributed by atoms with Crippen molar-refractivity contribution in [1.82, 2.24) is 4.48 Å². The van der Waals surface area contributed by atoms with Gasteiger partial charge in [0.1, 0.15) is 0 Å². The van der Waals surface area contributed by atoms with Gasteiger partial charge in [-0.3, -0.25) is 0 Å². The Kier molecular flexibility index (Phi) is 7.98. The zero-order valence-corrected chi connectivity index (χ0v) is 29.6. The van der Waals surface area contributed by atoms with Gasteiger partial charge in [-0.1, -0.05) is 133 Å². The number of benzene rings is 5. The van der Waals surface area contributed by atoms with Gasteiger partial charge in [0.15, 0.2) is 0 Å². The van der Waals surface area contributed by atoms with Crippen LogP contribution in [0.15, 0.2) is 97.1 Å². The first-order valence-corrected chi connectivity index (χ1v) is 18.7. The van der Waals surface area contributed by atoms with Crippen LogP contribution in [0.3, 0.4) is 0 Å². The van der Waals surface area contributed by atoms with Gasteiger partial charge in [0, 0.05) is 38.6 Å². The lowest BCUT2D eigenvalue weighted by atomic mass is 9.46.